The maximum absolute atomic E-state index is 12.6. The summed E-state index contributed by atoms with van der Waals surface area (Å²) in [7, 11) is 0. The predicted molar refractivity (Wildman–Crippen MR) is 86.4 cm³/mol. The van der Waals surface area contributed by atoms with Crippen molar-refractivity contribution in [2.45, 2.75) is 45.2 Å². The van der Waals surface area contributed by atoms with E-state index < -0.39 is 11.9 Å². The van der Waals surface area contributed by atoms with E-state index in [-0.39, 0.29) is 5.78 Å². The second-order valence-electron chi connectivity index (χ2n) is 6.13. The van der Waals surface area contributed by atoms with E-state index in [1.165, 1.54) is 10.7 Å². The second-order valence-corrected chi connectivity index (χ2v) is 6.13. The number of hydrogen-bond donors (Lipinski definition) is 0. The van der Waals surface area contributed by atoms with Gasteiger partial charge in [-0.2, -0.15) is 18.3 Å². The second kappa shape index (κ2) is 6.82. The molecule has 0 amide bonds. The number of rotatable bonds is 5. The molecule has 0 spiro atoms. The SMILES string of the molecule is Cc1nn(-c2ccc(C(F)(F)F)nc2)cc1CCC(=O)C1=CCCC1. The van der Waals surface area contributed by atoms with E-state index in [9.17, 15) is 18.0 Å². The smallest absolute Gasteiger partial charge is 0.295 e. The van der Waals surface area contributed by atoms with Crippen LogP contribution in [-0.2, 0) is 17.4 Å². The number of halogens is 3. The maximum atomic E-state index is 12.6. The Morgan fingerprint density at radius 3 is 2.72 bits per heavy atom. The molecule has 2 heterocycles. The summed E-state index contributed by atoms with van der Waals surface area (Å²) in [5.41, 5.74) is 2.10. The first-order valence-electron chi connectivity index (χ1n) is 8.15. The fourth-order valence-electron chi connectivity index (χ4n) is 2.90. The Hall–Kier alpha value is -2.44. The maximum Gasteiger partial charge on any atom is 0.433 e. The van der Waals surface area contributed by atoms with Crippen LogP contribution in [0.2, 0.25) is 0 Å². The van der Waals surface area contributed by atoms with Crippen molar-refractivity contribution >= 4 is 5.78 Å². The molecular weight excluding hydrogens is 331 g/mol. The number of carbonyl (C=O) groups excluding carboxylic acids is 1. The highest BCUT2D eigenvalue weighted by molar-refractivity contribution is 5.95. The Morgan fingerprint density at radius 1 is 1.32 bits per heavy atom. The van der Waals surface area contributed by atoms with Gasteiger partial charge in [0.1, 0.15) is 5.69 Å². The first kappa shape index (κ1) is 17.4. The van der Waals surface area contributed by atoms with Crippen molar-refractivity contribution in [3.8, 4) is 5.69 Å². The third kappa shape index (κ3) is 3.97. The highest BCUT2D eigenvalue weighted by Crippen LogP contribution is 2.27. The minimum atomic E-state index is -4.46. The van der Waals surface area contributed by atoms with Crippen LogP contribution in [0, 0.1) is 6.92 Å². The van der Waals surface area contributed by atoms with Crippen molar-refractivity contribution < 1.29 is 18.0 Å². The average Bonchev–Trinajstić information content (AvgIpc) is 3.22. The molecule has 0 saturated heterocycles. The van der Waals surface area contributed by atoms with E-state index in [0.717, 1.165) is 48.4 Å². The van der Waals surface area contributed by atoms with Gasteiger partial charge in [0, 0.05) is 12.6 Å². The molecule has 0 fully saturated rings. The van der Waals surface area contributed by atoms with Gasteiger partial charge in [-0.3, -0.25) is 4.79 Å². The Balaban J connectivity index is 1.70. The van der Waals surface area contributed by atoms with Crippen LogP contribution >= 0.6 is 0 Å². The molecule has 0 unspecified atom stereocenters. The summed E-state index contributed by atoms with van der Waals surface area (Å²) in [4.78, 5) is 15.6. The topological polar surface area (TPSA) is 47.8 Å². The molecule has 0 N–H and O–H groups in total. The van der Waals surface area contributed by atoms with Gasteiger partial charge in [0.25, 0.3) is 0 Å². The van der Waals surface area contributed by atoms with Gasteiger partial charge in [0.2, 0.25) is 0 Å². The quantitative estimate of drug-likeness (QED) is 0.812. The molecule has 0 aliphatic heterocycles. The highest BCUT2D eigenvalue weighted by Gasteiger charge is 2.32. The number of allylic oxidation sites excluding steroid dienone is 2. The van der Waals surface area contributed by atoms with Crippen molar-refractivity contribution in [3.63, 3.8) is 0 Å². The Bertz CT molecular complexity index is 804. The van der Waals surface area contributed by atoms with Gasteiger partial charge < -0.3 is 0 Å². The zero-order valence-electron chi connectivity index (χ0n) is 13.8. The van der Waals surface area contributed by atoms with Gasteiger partial charge in [0.05, 0.1) is 17.6 Å². The van der Waals surface area contributed by atoms with Crippen LogP contribution in [0.25, 0.3) is 5.69 Å². The summed E-state index contributed by atoms with van der Waals surface area (Å²) < 4.78 is 39.2. The summed E-state index contributed by atoms with van der Waals surface area (Å²) in [5.74, 6) is 0.167. The summed E-state index contributed by atoms with van der Waals surface area (Å²) >= 11 is 0. The third-order valence-electron chi connectivity index (χ3n) is 4.32. The van der Waals surface area contributed by atoms with Crippen molar-refractivity contribution in [2.75, 3.05) is 0 Å². The largest absolute Gasteiger partial charge is 0.433 e. The molecule has 0 saturated carbocycles. The third-order valence-corrected chi connectivity index (χ3v) is 4.32. The number of pyridine rings is 1. The molecule has 2 aromatic rings. The minimum absolute atomic E-state index is 0.167. The molecule has 0 atom stereocenters. The average molecular weight is 349 g/mol. The molecular formula is C18H18F3N3O. The predicted octanol–water partition coefficient (Wildman–Crippen LogP) is 4.21. The van der Waals surface area contributed by atoms with Crippen LogP contribution in [0.1, 0.15) is 42.6 Å². The van der Waals surface area contributed by atoms with Crippen molar-refractivity contribution in [1.82, 2.24) is 14.8 Å². The lowest BCUT2D eigenvalue weighted by molar-refractivity contribution is -0.141. The Labute approximate surface area is 143 Å². The Kier molecular flexibility index (Phi) is 4.74. The number of ketones is 1. The van der Waals surface area contributed by atoms with E-state index in [4.69, 9.17) is 0 Å². The fraction of sp³-hybridized carbons (Fsp3) is 0.389. The lowest BCUT2D eigenvalue weighted by Gasteiger charge is -2.06. The number of aromatic nitrogens is 3. The molecule has 7 heteroatoms. The van der Waals surface area contributed by atoms with Crippen molar-refractivity contribution in [2.24, 2.45) is 0 Å². The van der Waals surface area contributed by atoms with Crippen LogP contribution < -0.4 is 0 Å². The zero-order valence-corrected chi connectivity index (χ0v) is 13.8. The molecule has 0 bridgehead atoms. The van der Waals surface area contributed by atoms with E-state index in [1.807, 2.05) is 13.0 Å². The fourth-order valence-corrected chi connectivity index (χ4v) is 2.90. The van der Waals surface area contributed by atoms with E-state index in [2.05, 4.69) is 10.1 Å². The zero-order chi connectivity index (χ0) is 18.0. The van der Waals surface area contributed by atoms with Gasteiger partial charge in [-0.15, -0.1) is 0 Å². The molecule has 1 aliphatic carbocycles. The number of aryl methyl sites for hydroxylation is 2. The Morgan fingerprint density at radius 2 is 2.12 bits per heavy atom. The lowest BCUT2D eigenvalue weighted by Crippen LogP contribution is -2.08. The van der Waals surface area contributed by atoms with E-state index in [0.29, 0.717) is 18.5 Å². The molecule has 0 aromatic carbocycles. The number of carbonyl (C=O) groups is 1. The number of hydrogen-bond acceptors (Lipinski definition) is 3. The summed E-state index contributed by atoms with van der Waals surface area (Å²) in [6.07, 6.45) is 4.29. The highest BCUT2D eigenvalue weighted by atomic mass is 19.4. The summed E-state index contributed by atoms with van der Waals surface area (Å²) in [6, 6.07) is 2.27. The van der Waals surface area contributed by atoms with Gasteiger partial charge in [-0.1, -0.05) is 6.08 Å². The van der Waals surface area contributed by atoms with Gasteiger partial charge >= 0.3 is 6.18 Å². The van der Waals surface area contributed by atoms with Gasteiger partial charge in [0.15, 0.2) is 5.78 Å². The van der Waals surface area contributed by atoms with Crippen LogP contribution in [0.15, 0.2) is 36.2 Å². The standard InChI is InChI=1S/C18H18F3N3O/c1-12-14(6-8-16(25)13-4-2-3-5-13)11-24(23-12)15-7-9-17(22-10-15)18(19,20)21/h4,7,9-11H,2-3,5-6,8H2,1H3. The van der Waals surface area contributed by atoms with Crippen molar-refractivity contribution in [3.05, 3.63) is 53.1 Å². The monoisotopic (exact) mass is 349 g/mol. The summed E-state index contributed by atoms with van der Waals surface area (Å²) in [5, 5.41) is 4.32. The minimum Gasteiger partial charge on any atom is -0.295 e. The van der Waals surface area contributed by atoms with Crippen LogP contribution in [0.4, 0.5) is 13.2 Å². The molecule has 132 valence electrons. The van der Waals surface area contributed by atoms with E-state index in [1.54, 1.807) is 6.20 Å². The normalized spacial score (nSPS) is 14.6. The van der Waals surface area contributed by atoms with Crippen LogP contribution in [-0.4, -0.2) is 20.5 Å². The number of alkyl halides is 3. The molecule has 3 rings (SSSR count). The van der Waals surface area contributed by atoms with Gasteiger partial charge in [-0.25, -0.2) is 9.67 Å². The van der Waals surface area contributed by atoms with Gasteiger partial charge in [-0.05, 0) is 55.9 Å². The molecule has 0 radical (unpaired) electrons. The molecule has 4 nitrogen and oxygen atoms in total. The first-order chi connectivity index (χ1) is 11.8. The lowest BCUT2D eigenvalue weighted by atomic mass is 10.0. The summed E-state index contributed by atoms with van der Waals surface area (Å²) in [6.45, 7) is 1.82. The molecule has 25 heavy (non-hydrogen) atoms. The molecule has 2 aromatic heterocycles. The van der Waals surface area contributed by atoms with Crippen LogP contribution in [0.5, 0.6) is 0 Å². The van der Waals surface area contributed by atoms with E-state index >= 15 is 0 Å². The number of nitrogens with zero attached hydrogens (tertiary/aromatic N) is 3. The van der Waals surface area contributed by atoms with Crippen molar-refractivity contribution in [1.29, 1.82) is 0 Å². The number of Topliss-reactive ketones (excluding diaryl/α,β-unsaturated/α-hetero) is 1. The molecule has 1 aliphatic rings. The van der Waals surface area contributed by atoms with Crippen LogP contribution in [0.3, 0.4) is 0 Å². The first-order valence-corrected chi connectivity index (χ1v) is 8.15.